The summed E-state index contributed by atoms with van der Waals surface area (Å²) in [5.41, 5.74) is 1.48. The zero-order valence-corrected chi connectivity index (χ0v) is 19.9. The van der Waals surface area contributed by atoms with Gasteiger partial charge in [0.05, 0.1) is 11.0 Å². The van der Waals surface area contributed by atoms with Crippen molar-refractivity contribution in [2.24, 2.45) is 0 Å². The molecule has 0 fully saturated rings. The summed E-state index contributed by atoms with van der Waals surface area (Å²) in [4.78, 5) is 0.241. The van der Waals surface area contributed by atoms with Crippen molar-refractivity contribution in [2.45, 2.75) is 49.9 Å². The normalized spacial score (nSPS) is 14.0. The van der Waals surface area contributed by atoms with Crippen LogP contribution >= 0.6 is 15.9 Å². The van der Waals surface area contributed by atoms with Gasteiger partial charge in [-0.1, -0.05) is 67.0 Å². The molecule has 27 heavy (non-hydrogen) atoms. The molecule has 7 heteroatoms. The first-order valence-electron chi connectivity index (χ1n) is 8.88. The zero-order valence-electron chi connectivity index (χ0n) is 16.5. The monoisotopic (exact) mass is 469 g/mol. The molecular formula is C20H28BrNO3SSi. The smallest absolute Gasteiger partial charge is 0.261 e. The lowest BCUT2D eigenvalue weighted by atomic mass is 10.1. The van der Waals surface area contributed by atoms with Gasteiger partial charge in [0.15, 0.2) is 8.32 Å². The molecule has 0 aromatic heterocycles. The minimum Gasteiger partial charge on any atom is -0.409 e. The number of hydrogen-bond donors (Lipinski definition) is 1. The molecule has 0 heterocycles. The quantitative estimate of drug-likeness (QED) is 0.402. The SMILES string of the molecule is CC(C)(C)[Si](C)(C)O[C@@H](CBr)c1cccc(NS(=O)(=O)c2ccccc2)c1. The maximum Gasteiger partial charge on any atom is 0.261 e. The van der Waals surface area contributed by atoms with Crippen LogP contribution in [0.4, 0.5) is 5.69 Å². The van der Waals surface area contributed by atoms with E-state index in [1.807, 2.05) is 18.2 Å². The van der Waals surface area contributed by atoms with Crippen LogP contribution in [0.15, 0.2) is 59.5 Å². The predicted octanol–water partition coefficient (Wildman–Crippen LogP) is 5.95. The molecule has 0 aliphatic carbocycles. The molecule has 2 aromatic carbocycles. The fourth-order valence-electron chi connectivity index (χ4n) is 2.34. The van der Waals surface area contributed by atoms with Gasteiger partial charge in [-0.25, -0.2) is 8.42 Å². The maximum absolute atomic E-state index is 12.6. The number of sulfonamides is 1. The van der Waals surface area contributed by atoms with Crippen LogP contribution in [0.5, 0.6) is 0 Å². The van der Waals surface area contributed by atoms with Crippen molar-refractivity contribution >= 4 is 40.0 Å². The maximum atomic E-state index is 12.6. The molecule has 0 unspecified atom stereocenters. The average Bonchev–Trinajstić information content (AvgIpc) is 2.59. The van der Waals surface area contributed by atoms with Gasteiger partial charge in [-0.2, -0.15) is 0 Å². The number of alkyl halides is 1. The van der Waals surface area contributed by atoms with Gasteiger partial charge in [0.1, 0.15) is 0 Å². The Kier molecular flexibility index (Phi) is 6.94. The van der Waals surface area contributed by atoms with Gasteiger partial charge in [0.2, 0.25) is 0 Å². The number of anilines is 1. The highest BCUT2D eigenvalue weighted by molar-refractivity contribution is 9.09. The van der Waals surface area contributed by atoms with Crippen molar-refractivity contribution in [3.63, 3.8) is 0 Å². The van der Waals surface area contributed by atoms with Gasteiger partial charge in [-0.15, -0.1) is 0 Å². The van der Waals surface area contributed by atoms with Gasteiger partial charge in [0, 0.05) is 11.0 Å². The highest BCUT2D eigenvalue weighted by Gasteiger charge is 2.39. The number of rotatable bonds is 7. The lowest BCUT2D eigenvalue weighted by Gasteiger charge is -2.39. The summed E-state index contributed by atoms with van der Waals surface area (Å²) in [5, 5.41) is 0.744. The molecule has 148 valence electrons. The molecule has 0 bridgehead atoms. The minimum atomic E-state index is -3.61. The summed E-state index contributed by atoms with van der Waals surface area (Å²) in [7, 11) is -5.57. The van der Waals surface area contributed by atoms with Crippen molar-refractivity contribution in [3.8, 4) is 0 Å². The Hall–Kier alpha value is -1.15. The average molecular weight is 471 g/mol. The summed E-state index contributed by atoms with van der Waals surface area (Å²) in [6.45, 7) is 11.0. The van der Waals surface area contributed by atoms with Gasteiger partial charge >= 0.3 is 0 Å². The Balaban J connectivity index is 2.26. The molecule has 2 rings (SSSR count). The first kappa shape index (κ1) is 22.1. The van der Waals surface area contributed by atoms with Crippen LogP contribution in [0.25, 0.3) is 0 Å². The summed E-state index contributed by atoms with van der Waals surface area (Å²) in [6.07, 6.45) is -0.132. The van der Waals surface area contributed by atoms with Crippen molar-refractivity contribution in [2.75, 3.05) is 10.1 Å². The van der Waals surface area contributed by atoms with E-state index in [-0.39, 0.29) is 16.0 Å². The summed E-state index contributed by atoms with van der Waals surface area (Å²) >= 11 is 3.55. The number of nitrogens with one attached hydrogen (secondary N) is 1. The molecule has 1 atom stereocenters. The number of halogens is 1. The van der Waals surface area contributed by atoms with Crippen LogP contribution in [-0.2, 0) is 14.4 Å². The van der Waals surface area contributed by atoms with E-state index in [2.05, 4.69) is 54.5 Å². The molecular weight excluding hydrogens is 442 g/mol. The lowest BCUT2D eigenvalue weighted by molar-refractivity contribution is 0.208. The second-order valence-electron chi connectivity index (χ2n) is 8.07. The largest absolute Gasteiger partial charge is 0.409 e. The van der Waals surface area contributed by atoms with Crippen molar-refractivity contribution < 1.29 is 12.8 Å². The zero-order chi connectivity index (χ0) is 20.3. The van der Waals surface area contributed by atoms with Crippen LogP contribution in [0, 0.1) is 0 Å². The first-order valence-corrected chi connectivity index (χ1v) is 14.4. The molecule has 0 aliphatic rings. The van der Waals surface area contributed by atoms with Crippen molar-refractivity contribution in [1.29, 1.82) is 0 Å². The fraction of sp³-hybridized carbons (Fsp3) is 0.400. The van der Waals surface area contributed by atoms with Crippen LogP contribution in [0.3, 0.4) is 0 Å². The van der Waals surface area contributed by atoms with Crippen LogP contribution in [0.1, 0.15) is 32.4 Å². The van der Waals surface area contributed by atoms with Gasteiger partial charge in [-0.05, 0) is 48.0 Å². The molecule has 0 radical (unpaired) electrons. The standard InChI is InChI=1S/C20H28BrNO3SSi/c1-20(2,3)27(4,5)25-19(15-21)16-10-9-11-17(14-16)22-26(23,24)18-12-7-6-8-13-18/h6-14,19,22H,15H2,1-5H3/t19-/m0/s1. The van der Waals surface area contributed by atoms with E-state index in [1.54, 1.807) is 36.4 Å². The van der Waals surface area contributed by atoms with E-state index in [0.717, 1.165) is 5.56 Å². The predicted molar refractivity (Wildman–Crippen MR) is 119 cm³/mol. The number of hydrogen-bond acceptors (Lipinski definition) is 3. The Morgan fingerprint density at radius 3 is 2.26 bits per heavy atom. The van der Waals surface area contributed by atoms with Gasteiger partial charge in [0.25, 0.3) is 10.0 Å². The summed E-state index contributed by atoms with van der Waals surface area (Å²) < 4.78 is 34.3. The first-order chi connectivity index (χ1) is 12.5. The minimum absolute atomic E-state index is 0.0972. The Labute approximate surface area is 172 Å². The van der Waals surface area contributed by atoms with Crippen molar-refractivity contribution in [3.05, 3.63) is 60.2 Å². The fourth-order valence-corrected chi connectivity index (χ4v) is 5.44. The third-order valence-corrected chi connectivity index (χ3v) is 11.4. The second-order valence-corrected chi connectivity index (χ2v) is 15.2. The molecule has 0 saturated carbocycles. The molecule has 4 nitrogen and oxygen atoms in total. The highest BCUT2D eigenvalue weighted by Crippen LogP contribution is 2.40. The van der Waals surface area contributed by atoms with Crippen LogP contribution < -0.4 is 4.72 Å². The molecule has 0 aliphatic heterocycles. The van der Waals surface area contributed by atoms with E-state index in [4.69, 9.17) is 4.43 Å². The van der Waals surface area contributed by atoms with E-state index in [1.165, 1.54) is 0 Å². The summed E-state index contributed by atoms with van der Waals surface area (Å²) in [5.74, 6) is 0. The van der Waals surface area contributed by atoms with Crippen LogP contribution in [-0.4, -0.2) is 22.1 Å². The van der Waals surface area contributed by atoms with E-state index >= 15 is 0 Å². The highest BCUT2D eigenvalue weighted by atomic mass is 79.9. The van der Waals surface area contributed by atoms with Crippen LogP contribution in [0.2, 0.25) is 18.1 Å². The third-order valence-electron chi connectivity index (χ3n) is 4.95. The van der Waals surface area contributed by atoms with Crippen molar-refractivity contribution in [1.82, 2.24) is 0 Å². The Bertz CT molecular complexity index is 864. The topological polar surface area (TPSA) is 55.4 Å². The van der Waals surface area contributed by atoms with E-state index in [0.29, 0.717) is 11.0 Å². The molecule has 2 aromatic rings. The van der Waals surface area contributed by atoms with E-state index < -0.39 is 18.3 Å². The molecule has 0 saturated heterocycles. The van der Waals surface area contributed by atoms with E-state index in [9.17, 15) is 8.42 Å². The summed E-state index contributed by atoms with van der Waals surface area (Å²) in [6, 6.07) is 15.8. The molecule has 1 N–H and O–H groups in total. The Morgan fingerprint density at radius 1 is 1.07 bits per heavy atom. The Morgan fingerprint density at radius 2 is 1.70 bits per heavy atom. The lowest BCUT2D eigenvalue weighted by Crippen LogP contribution is -2.42. The molecule has 0 amide bonds. The third kappa shape index (κ3) is 5.67. The second kappa shape index (κ2) is 8.47. The number of benzene rings is 2. The molecule has 0 spiro atoms. The van der Waals surface area contributed by atoms with Gasteiger partial charge in [-0.3, -0.25) is 4.72 Å². The van der Waals surface area contributed by atoms with Gasteiger partial charge < -0.3 is 4.43 Å².